The van der Waals surface area contributed by atoms with Gasteiger partial charge in [0.25, 0.3) is 0 Å². The highest BCUT2D eigenvalue weighted by atomic mass is 32.2. The molecule has 0 aromatic heterocycles. The zero-order valence-electron chi connectivity index (χ0n) is 11.1. The summed E-state index contributed by atoms with van der Waals surface area (Å²) in [5.74, 6) is -0.216. The smallest absolute Gasteiger partial charge is 0.123 e. The second kappa shape index (κ2) is 7.93. The minimum Gasteiger partial charge on any atom is -0.368 e. The van der Waals surface area contributed by atoms with Crippen molar-refractivity contribution >= 4 is 24.4 Å². The zero-order valence-corrected chi connectivity index (χ0v) is 11.9. The van der Waals surface area contributed by atoms with Crippen molar-refractivity contribution < 1.29 is 4.39 Å². The molecule has 2 nitrogen and oxygen atoms in total. The van der Waals surface area contributed by atoms with Gasteiger partial charge in [-0.05, 0) is 30.2 Å². The van der Waals surface area contributed by atoms with E-state index in [-0.39, 0.29) is 5.82 Å². The second-order valence-corrected chi connectivity index (χ2v) is 4.98. The highest BCUT2D eigenvalue weighted by molar-refractivity contribution is 7.98. The molecule has 0 saturated carbocycles. The number of allylic oxidation sites excluding steroid dienone is 1. The van der Waals surface area contributed by atoms with Gasteiger partial charge in [-0.15, -0.1) is 0 Å². The van der Waals surface area contributed by atoms with Crippen molar-refractivity contribution in [3.63, 3.8) is 0 Å². The number of halogens is 1. The molecular weight excluding hydrogens is 247 g/mol. The summed E-state index contributed by atoms with van der Waals surface area (Å²) in [5, 5.41) is 0. The van der Waals surface area contributed by atoms with Crippen molar-refractivity contribution in [2.24, 2.45) is 4.40 Å². The topological polar surface area (TPSA) is 15.6 Å². The molecule has 0 fully saturated rings. The summed E-state index contributed by atoms with van der Waals surface area (Å²) >= 11 is 1.35. The van der Waals surface area contributed by atoms with Crippen molar-refractivity contribution in [1.29, 1.82) is 0 Å². The Bertz CT molecular complexity index is 428. The average molecular weight is 266 g/mol. The lowest BCUT2D eigenvalue weighted by Gasteiger charge is -2.04. The summed E-state index contributed by atoms with van der Waals surface area (Å²) in [7, 11) is 3.83. The van der Waals surface area contributed by atoms with Gasteiger partial charge in [0.15, 0.2) is 0 Å². The summed E-state index contributed by atoms with van der Waals surface area (Å²) in [6.07, 6.45) is 7.84. The number of unbranched alkanes of at least 4 members (excludes halogenated alkanes) is 1. The maximum Gasteiger partial charge on any atom is 0.123 e. The van der Waals surface area contributed by atoms with Crippen molar-refractivity contribution in [2.75, 3.05) is 14.1 Å². The van der Waals surface area contributed by atoms with Crippen molar-refractivity contribution in [1.82, 2.24) is 4.90 Å². The fourth-order valence-corrected chi connectivity index (χ4v) is 1.99. The van der Waals surface area contributed by atoms with Crippen LogP contribution in [0.2, 0.25) is 0 Å². The van der Waals surface area contributed by atoms with Crippen LogP contribution < -0.4 is 0 Å². The molecule has 0 radical (unpaired) electrons. The van der Waals surface area contributed by atoms with Crippen LogP contribution in [0, 0.1) is 5.82 Å². The molecule has 0 atom stereocenters. The first-order valence-corrected chi connectivity index (χ1v) is 6.74. The maximum atomic E-state index is 13.2. The predicted octanol–water partition coefficient (Wildman–Crippen LogP) is 4.24. The lowest BCUT2D eigenvalue weighted by Crippen LogP contribution is -2.06. The van der Waals surface area contributed by atoms with Gasteiger partial charge in [-0.2, -0.15) is 0 Å². The molecule has 1 rings (SSSR count). The standard InChI is InChI=1S/C14H19FN2S/c1-4-5-6-7-12-10-13(15)8-9-14(12)18-16-11-17(2)3/h6-11H,4-5H2,1-3H3/b7-6+,16-11?. The van der Waals surface area contributed by atoms with Crippen LogP contribution in [0.25, 0.3) is 6.08 Å². The predicted molar refractivity (Wildman–Crippen MR) is 78.4 cm³/mol. The van der Waals surface area contributed by atoms with Crippen molar-refractivity contribution in [2.45, 2.75) is 24.7 Å². The fourth-order valence-electron chi connectivity index (χ4n) is 1.28. The Balaban J connectivity index is 2.82. The first-order chi connectivity index (χ1) is 8.63. The van der Waals surface area contributed by atoms with Gasteiger partial charge in [-0.3, -0.25) is 0 Å². The number of hydrogen-bond acceptors (Lipinski definition) is 2. The van der Waals surface area contributed by atoms with E-state index in [4.69, 9.17) is 0 Å². The summed E-state index contributed by atoms with van der Waals surface area (Å²) in [6, 6.07) is 4.77. The lowest BCUT2D eigenvalue weighted by molar-refractivity contribution is 0.626. The lowest BCUT2D eigenvalue weighted by atomic mass is 10.2. The van der Waals surface area contributed by atoms with E-state index in [2.05, 4.69) is 17.4 Å². The van der Waals surface area contributed by atoms with Gasteiger partial charge in [0.05, 0.1) is 6.34 Å². The van der Waals surface area contributed by atoms with E-state index in [1.807, 2.05) is 25.1 Å². The molecule has 4 heteroatoms. The Hall–Kier alpha value is -1.29. The Morgan fingerprint density at radius 3 is 2.83 bits per heavy atom. The molecule has 0 heterocycles. The number of benzene rings is 1. The molecule has 0 aliphatic carbocycles. The molecule has 0 aliphatic rings. The van der Waals surface area contributed by atoms with E-state index in [1.165, 1.54) is 18.0 Å². The SMILES string of the molecule is CCC/C=C/c1cc(F)ccc1SN=CN(C)C. The minimum absolute atomic E-state index is 0.216. The van der Waals surface area contributed by atoms with E-state index in [9.17, 15) is 4.39 Å². The Labute approximate surface area is 113 Å². The van der Waals surface area contributed by atoms with Crippen LogP contribution in [-0.4, -0.2) is 25.3 Å². The van der Waals surface area contributed by atoms with Gasteiger partial charge in [0.2, 0.25) is 0 Å². The van der Waals surface area contributed by atoms with Crippen LogP contribution in [0.3, 0.4) is 0 Å². The molecule has 1 aromatic rings. The van der Waals surface area contributed by atoms with Crippen molar-refractivity contribution in [3.05, 3.63) is 35.7 Å². The summed E-state index contributed by atoms with van der Waals surface area (Å²) in [6.45, 7) is 2.12. The third-order valence-electron chi connectivity index (χ3n) is 2.15. The highest BCUT2D eigenvalue weighted by Crippen LogP contribution is 2.25. The molecule has 0 unspecified atom stereocenters. The molecule has 0 saturated heterocycles. The van der Waals surface area contributed by atoms with Crippen LogP contribution in [-0.2, 0) is 0 Å². The summed E-state index contributed by atoms with van der Waals surface area (Å²) in [4.78, 5) is 2.82. The third-order valence-corrected chi connectivity index (χ3v) is 2.92. The van der Waals surface area contributed by atoms with E-state index < -0.39 is 0 Å². The van der Waals surface area contributed by atoms with Gasteiger partial charge in [0, 0.05) is 30.9 Å². The van der Waals surface area contributed by atoms with E-state index in [0.717, 1.165) is 23.3 Å². The average Bonchev–Trinajstić information content (AvgIpc) is 2.32. The van der Waals surface area contributed by atoms with Crippen LogP contribution in [0.5, 0.6) is 0 Å². The largest absolute Gasteiger partial charge is 0.368 e. The molecule has 0 aliphatic heterocycles. The van der Waals surface area contributed by atoms with Gasteiger partial charge in [-0.25, -0.2) is 8.79 Å². The number of rotatable bonds is 6. The minimum atomic E-state index is -0.216. The Kier molecular flexibility index (Phi) is 6.50. The van der Waals surface area contributed by atoms with Gasteiger partial charge < -0.3 is 4.90 Å². The van der Waals surface area contributed by atoms with E-state index in [1.54, 1.807) is 18.5 Å². The van der Waals surface area contributed by atoms with Crippen LogP contribution >= 0.6 is 11.9 Å². The third kappa shape index (κ3) is 5.36. The molecule has 0 bridgehead atoms. The first-order valence-electron chi connectivity index (χ1n) is 5.96. The number of nitrogens with zero attached hydrogens (tertiary/aromatic N) is 2. The molecule has 0 amide bonds. The van der Waals surface area contributed by atoms with E-state index in [0.29, 0.717) is 0 Å². The van der Waals surface area contributed by atoms with Crippen LogP contribution in [0.1, 0.15) is 25.3 Å². The Morgan fingerprint density at radius 1 is 1.39 bits per heavy atom. The van der Waals surface area contributed by atoms with Gasteiger partial charge >= 0.3 is 0 Å². The van der Waals surface area contributed by atoms with Crippen LogP contribution in [0.4, 0.5) is 4.39 Å². The van der Waals surface area contributed by atoms with Gasteiger partial charge in [0.1, 0.15) is 5.82 Å². The highest BCUT2D eigenvalue weighted by Gasteiger charge is 2.01. The fraction of sp³-hybridized carbons (Fsp3) is 0.357. The first kappa shape index (κ1) is 14.8. The monoisotopic (exact) mass is 266 g/mol. The second-order valence-electron chi connectivity index (χ2n) is 4.15. The van der Waals surface area contributed by atoms with Crippen molar-refractivity contribution in [3.8, 4) is 0 Å². The normalized spacial score (nSPS) is 11.6. The molecule has 0 spiro atoms. The molecule has 0 N–H and O–H groups in total. The van der Waals surface area contributed by atoms with E-state index >= 15 is 0 Å². The molecule has 18 heavy (non-hydrogen) atoms. The maximum absolute atomic E-state index is 13.2. The Morgan fingerprint density at radius 2 is 2.17 bits per heavy atom. The molecule has 98 valence electrons. The number of hydrogen-bond donors (Lipinski definition) is 0. The molecular formula is C14H19FN2S. The van der Waals surface area contributed by atoms with Gasteiger partial charge in [-0.1, -0.05) is 25.5 Å². The molecule has 1 aromatic carbocycles. The zero-order chi connectivity index (χ0) is 13.4. The van der Waals surface area contributed by atoms with Crippen LogP contribution in [0.15, 0.2) is 33.6 Å². The summed E-state index contributed by atoms with van der Waals surface area (Å²) in [5.41, 5.74) is 0.879. The quantitative estimate of drug-likeness (QED) is 0.435. The summed E-state index contributed by atoms with van der Waals surface area (Å²) < 4.78 is 17.4.